The molecule has 0 aromatic heterocycles. The Labute approximate surface area is 226 Å². The molecule has 200 valence electrons. The molecule has 2 amide bonds. The van der Waals surface area contributed by atoms with E-state index in [1.165, 1.54) is 4.90 Å². The highest BCUT2D eigenvalue weighted by Gasteiger charge is 2.32. The second-order valence-corrected chi connectivity index (χ2v) is 9.81. The van der Waals surface area contributed by atoms with Crippen molar-refractivity contribution in [3.63, 3.8) is 0 Å². The van der Waals surface area contributed by atoms with Crippen molar-refractivity contribution in [2.75, 3.05) is 24.2 Å². The molecule has 3 atom stereocenters. The fourth-order valence-electron chi connectivity index (χ4n) is 4.03. The lowest BCUT2D eigenvalue weighted by atomic mass is 10.0. The van der Waals surface area contributed by atoms with Gasteiger partial charge in [-0.1, -0.05) is 54.6 Å². The molecule has 9 heteroatoms. The zero-order valence-electron chi connectivity index (χ0n) is 21.2. The third-order valence-corrected chi connectivity index (χ3v) is 7.05. The molecule has 0 saturated carbocycles. The molecule has 0 aliphatic carbocycles. The summed E-state index contributed by atoms with van der Waals surface area (Å²) in [5.74, 6) is 0.251. The summed E-state index contributed by atoms with van der Waals surface area (Å²) >= 11 is 1.73. The lowest BCUT2D eigenvalue weighted by Gasteiger charge is -2.36. The summed E-state index contributed by atoms with van der Waals surface area (Å²) in [6.07, 6.45) is -0.237. The Morgan fingerprint density at radius 2 is 1.79 bits per heavy atom. The molecule has 1 saturated heterocycles. The maximum absolute atomic E-state index is 12.3. The second kappa shape index (κ2) is 14.0. The number of rotatable bonds is 10. The first-order chi connectivity index (χ1) is 18.5. The average molecular weight is 537 g/mol. The SMILES string of the molecule is CCOC(=O)CNC(=O)Nc1cccc([C@@H]2O[C@H](CSc3ccccc3)C[C@H](c3ccc(CO)cc3)O2)c1. The van der Waals surface area contributed by atoms with Crippen molar-refractivity contribution in [2.24, 2.45) is 0 Å². The number of carbonyl (C=O) groups is 2. The van der Waals surface area contributed by atoms with Gasteiger partial charge in [-0.2, -0.15) is 0 Å². The molecule has 1 fully saturated rings. The number of benzene rings is 3. The van der Waals surface area contributed by atoms with Crippen LogP contribution < -0.4 is 10.6 Å². The number of ether oxygens (including phenoxy) is 3. The van der Waals surface area contributed by atoms with E-state index in [1.807, 2.05) is 54.6 Å². The lowest BCUT2D eigenvalue weighted by Crippen LogP contribution is -2.34. The van der Waals surface area contributed by atoms with Crippen LogP contribution in [0.25, 0.3) is 0 Å². The molecule has 0 unspecified atom stereocenters. The molecular formula is C29H32N2O6S. The number of urea groups is 1. The summed E-state index contributed by atoms with van der Waals surface area (Å²) in [5.41, 5.74) is 3.16. The minimum absolute atomic E-state index is 0.0129. The number of aliphatic hydroxyl groups is 1. The molecule has 0 spiro atoms. The standard InChI is InChI=1S/C29H32N2O6S/c1-2-35-27(33)17-30-29(34)31-23-8-6-7-22(15-23)28-36-24(19-38-25-9-4-3-5-10-25)16-26(37-28)21-13-11-20(18-32)12-14-21/h3-15,24,26,28,32H,2,16-19H2,1H3,(H2,30,31,34)/t24-,26+,28+/m0/s1. The predicted molar refractivity (Wildman–Crippen MR) is 146 cm³/mol. The topological polar surface area (TPSA) is 106 Å². The molecule has 4 rings (SSSR count). The zero-order valence-corrected chi connectivity index (χ0v) is 22.0. The number of hydrogen-bond acceptors (Lipinski definition) is 7. The third-order valence-electron chi connectivity index (χ3n) is 5.91. The van der Waals surface area contributed by atoms with E-state index in [1.54, 1.807) is 30.8 Å². The van der Waals surface area contributed by atoms with Crippen LogP contribution in [0.3, 0.4) is 0 Å². The smallest absolute Gasteiger partial charge is 0.325 e. The molecule has 1 heterocycles. The number of carbonyl (C=O) groups excluding carboxylic acids is 2. The van der Waals surface area contributed by atoms with Crippen LogP contribution in [0.1, 0.15) is 42.4 Å². The highest BCUT2D eigenvalue weighted by Crippen LogP contribution is 2.39. The summed E-state index contributed by atoms with van der Waals surface area (Å²) < 4.78 is 17.6. The van der Waals surface area contributed by atoms with Gasteiger partial charge in [0.2, 0.25) is 0 Å². The predicted octanol–water partition coefficient (Wildman–Crippen LogP) is 5.20. The van der Waals surface area contributed by atoms with E-state index in [0.717, 1.165) is 22.4 Å². The fraction of sp³-hybridized carbons (Fsp3) is 0.310. The van der Waals surface area contributed by atoms with Crippen LogP contribution in [0.4, 0.5) is 10.5 Å². The number of esters is 1. The Balaban J connectivity index is 1.47. The van der Waals surface area contributed by atoms with Crippen molar-refractivity contribution in [3.05, 3.63) is 95.6 Å². The molecule has 8 nitrogen and oxygen atoms in total. The summed E-state index contributed by atoms with van der Waals surface area (Å²) in [6.45, 7) is 1.73. The monoisotopic (exact) mass is 536 g/mol. The summed E-state index contributed by atoms with van der Waals surface area (Å²) in [7, 11) is 0. The van der Waals surface area contributed by atoms with Gasteiger partial charge in [-0.3, -0.25) is 4.79 Å². The van der Waals surface area contributed by atoms with Crippen LogP contribution in [-0.2, 0) is 25.6 Å². The number of amides is 2. The number of anilines is 1. The van der Waals surface area contributed by atoms with Gasteiger partial charge in [0, 0.05) is 28.3 Å². The van der Waals surface area contributed by atoms with E-state index in [0.29, 0.717) is 12.1 Å². The van der Waals surface area contributed by atoms with Gasteiger partial charge < -0.3 is 30.0 Å². The Hall–Kier alpha value is -3.37. The Morgan fingerprint density at radius 3 is 2.53 bits per heavy atom. The number of nitrogens with one attached hydrogen (secondary N) is 2. The summed E-state index contributed by atoms with van der Waals surface area (Å²) in [6, 6.07) is 24.7. The first kappa shape index (κ1) is 27.7. The van der Waals surface area contributed by atoms with Crippen LogP contribution in [-0.4, -0.2) is 42.1 Å². The van der Waals surface area contributed by atoms with Gasteiger partial charge >= 0.3 is 12.0 Å². The van der Waals surface area contributed by atoms with Crippen LogP contribution in [0.15, 0.2) is 83.8 Å². The van der Waals surface area contributed by atoms with Crippen molar-refractivity contribution in [3.8, 4) is 0 Å². The van der Waals surface area contributed by atoms with Crippen molar-refractivity contribution in [1.82, 2.24) is 5.32 Å². The minimum atomic E-state index is -0.642. The van der Waals surface area contributed by atoms with Crippen molar-refractivity contribution in [2.45, 2.75) is 43.3 Å². The van der Waals surface area contributed by atoms with E-state index >= 15 is 0 Å². The Morgan fingerprint density at radius 1 is 1.00 bits per heavy atom. The largest absolute Gasteiger partial charge is 0.465 e. The molecular weight excluding hydrogens is 504 g/mol. The highest BCUT2D eigenvalue weighted by atomic mass is 32.2. The lowest BCUT2D eigenvalue weighted by molar-refractivity contribution is -0.245. The molecule has 0 radical (unpaired) electrons. The second-order valence-electron chi connectivity index (χ2n) is 8.71. The number of thioether (sulfide) groups is 1. The Bertz CT molecular complexity index is 1190. The van der Waals surface area contributed by atoms with Crippen LogP contribution in [0, 0.1) is 0 Å². The molecule has 3 aromatic rings. The molecule has 1 aliphatic rings. The molecule has 3 aromatic carbocycles. The van der Waals surface area contributed by atoms with Crippen LogP contribution in [0.5, 0.6) is 0 Å². The van der Waals surface area contributed by atoms with Crippen molar-refractivity contribution in [1.29, 1.82) is 0 Å². The molecule has 0 bridgehead atoms. The van der Waals surface area contributed by atoms with Gasteiger partial charge in [-0.15, -0.1) is 11.8 Å². The van der Waals surface area contributed by atoms with E-state index < -0.39 is 18.3 Å². The van der Waals surface area contributed by atoms with Gasteiger partial charge in [0.05, 0.1) is 25.4 Å². The summed E-state index contributed by atoms with van der Waals surface area (Å²) in [4.78, 5) is 24.9. The first-order valence-electron chi connectivity index (χ1n) is 12.5. The van der Waals surface area contributed by atoms with E-state index in [-0.39, 0.29) is 32.0 Å². The van der Waals surface area contributed by atoms with Crippen molar-refractivity contribution >= 4 is 29.4 Å². The van der Waals surface area contributed by atoms with Gasteiger partial charge in [-0.05, 0) is 42.3 Å². The van der Waals surface area contributed by atoms with E-state index in [4.69, 9.17) is 14.2 Å². The maximum Gasteiger partial charge on any atom is 0.325 e. The van der Waals surface area contributed by atoms with Gasteiger partial charge in [0.15, 0.2) is 6.29 Å². The highest BCUT2D eigenvalue weighted by molar-refractivity contribution is 7.99. The van der Waals surface area contributed by atoms with E-state index in [2.05, 4.69) is 22.8 Å². The third kappa shape index (κ3) is 8.06. The quantitative estimate of drug-likeness (QED) is 0.242. The average Bonchev–Trinajstić information content (AvgIpc) is 2.96. The first-order valence-corrected chi connectivity index (χ1v) is 13.5. The van der Waals surface area contributed by atoms with Gasteiger partial charge in [-0.25, -0.2) is 4.79 Å². The van der Waals surface area contributed by atoms with E-state index in [9.17, 15) is 14.7 Å². The van der Waals surface area contributed by atoms with Crippen molar-refractivity contribution < 1.29 is 28.9 Å². The molecule has 1 aliphatic heterocycles. The molecule has 38 heavy (non-hydrogen) atoms. The summed E-state index contributed by atoms with van der Waals surface area (Å²) in [5, 5.41) is 14.6. The van der Waals surface area contributed by atoms with Crippen LogP contribution in [0.2, 0.25) is 0 Å². The minimum Gasteiger partial charge on any atom is -0.465 e. The maximum atomic E-state index is 12.3. The number of aliphatic hydroxyl groups excluding tert-OH is 1. The zero-order chi connectivity index (χ0) is 26.7. The number of hydrogen-bond donors (Lipinski definition) is 3. The molecule has 3 N–H and O–H groups in total. The van der Waals surface area contributed by atoms with Crippen LogP contribution >= 0.6 is 11.8 Å². The van der Waals surface area contributed by atoms with Gasteiger partial charge in [0.1, 0.15) is 6.54 Å². The Kier molecular flexibility index (Phi) is 10.2. The van der Waals surface area contributed by atoms with Gasteiger partial charge in [0.25, 0.3) is 0 Å². The fourth-order valence-corrected chi connectivity index (χ4v) is 4.97. The normalized spacial score (nSPS) is 18.9.